The quantitative estimate of drug-likeness (QED) is 0.0795. The topological polar surface area (TPSA) is 168 Å². The zero-order valence-electron chi connectivity index (χ0n) is 30.4. The van der Waals surface area contributed by atoms with E-state index in [0.717, 1.165) is 84.1 Å². The average molecular weight is 691 g/mol. The number of carbonyl (C=O) groups excluding carboxylic acids is 5. The molecule has 0 saturated heterocycles. The first-order valence-corrected chi connectivity index (χ1v) is 14.7. The molecule has 0 aromatic rings. The predicted octanol–water partition coefficient (Wildman–Crippen LogP) is -4.00. The minimum Gasteiger partial charge on any atom is -1.00 e. The summed E-state index contributed by atoms with van der Waals surface area (Å²) in [5.74, 6) is -2.72. The molecule has 3 N–H and O–H groups in total. The Labute approximate surface area is 290 Å². The number of nitrogens with one attached hydrogen (secondary N) is 3. The maximum Gasteiger partial charge on any atom is 0.243 e. The number of halogens is 1. The predicted molar refractivity (Wildman–Crippen MR) is 183 cm³/mol. The van der Waals surface area contributed by atoms with Crippen molar-refractivity contribution in [3.63, 3.8) is 0 Å². The average Bonchev–Trinajstić information content (AvgIpc) is 2.95. The Morgan fingerprint density at radius 2 is 0.638 bits per heavy atom. The van der Waals surface area contributed by atoms with Gasteiger partial charge in [0.05, 0.1) is 95.0 Å². The van der Waals surface area contributed by atoms with Crippen LogP contribution in [0.5, 0.6) is 0 Å². The lowest BCUT2D eigenvalue weighted by atomic mass is 10.3. The van der Waals surface area contributed by atoms with Gasteiger partial charge in [0.15, 0.2) is 0 Å². The Hall–Kier alpha value is -3.78. The van der Waals surface area contributed by atoms with Crippen molar-refractivity contribution in [1.82, 2.24) is 16.0 Å². The molecule has 0 spiro atoms. The molecule has 0 aromatic heterocycles. The molecule has 0 aliphatic heterocycles. The van der Waals surface area contributed by atoms with Crippen molar-refractivity contribution < 1.29 is 60.0 Å². The summed E-state index contributed by atoms with van der Waals surface area (Å²) in [4.78, 5) is 50.4. The van der Waals surface area contributed by atoms with Crippen LogP contribution < -0.4 is 38.6 Å². The van der Waals surface area contributed by atoms with Gasteiger partial charge in [-0.25, -0.2) is 0 Å². The molecule has 0 unspecified atom stereocenters. The lowest BCUT2D eigenvalue weighted by molar-refractivity contribution is -0.870. The first-order valence-electron chi connectivity index (χ1n) is 14.7. The second kappa shape index (κ2) is 33.6. The zero-order valence-corrected chi connectivity index (χ0v) is 31.1. The number of carbonyl (C=O) groups is 5. The normalized spacial score (nSPS) is 9.72. The summed E-state index contributed by atoms with van der Waals surface area (Å²) in [5.41, 5.74) is 0. The Bertz CT molecular complexity index is 827. The van der Waals surface area contributed by atoms with Crippen LogP contribution >= 0.6 is 0 Å². The number of quaternary nitrogens is 3. The van der Waals surface area contributed by atoms with Crippen molar-refractivity contribution in [3.05, 3.63) is 63.3 Å². The van der Waals surface area contributed by atoms with Crippen LogP contribution in [-0.2, 0) is 24.0 Å². The molecule has 0 fully saturated rings. The Morgan fingerprint density at radius 1 is 0.468 bits per heavy atom. The van der Waals surface area contributed by atoms with Gasteiger partial charge in [0.25, 0.3) is 0 Å². The molecule has 0 aliphatic carbocycles. The largest absolute Gasteiger partial charge is 1.00 e. The highest BCUT2D eigenvalue weighted by Gasteiger charge is 2.07. The van der Waals surface area contributed by atoms with Crippen LogP contribution in [0.25, 0.3) is 0 Å². The molecule has 3 amide bonds. The molecule has 0 aromatic carbocycles. The second-order valence-electron chi connectivity index (χ2n) is 12.6. The van der Waals surface area contributed by atoms with E-state index in [9.17, 15) is 14.4 Å². The summed E-state index contributed by atoms with van der Waals surface area (Å²) in [6.07, 6.45) is 8.35. The lowest BCUT2D eigenvalue weighted by Gasteiger charge is -2.23. The van der Waals surface area contributed by atoms with E-state index in [1.54, 1.807) is 0 Å². The molecular weight excluding hydrogens is 628 g/mol. The SMILES string of the molecule is C=CC(=O)NCCC[N+](C)(C)C.C=CC(=O)NCCC[N+](C)(C)C.C=CC(=O)NCCC[N+](C)(C)C.C=CC(=O)[O-].C=CC(=O)[O-].[Cl-]. The highest BCUT2D eigenvalue weighted by Crippen LogP contribution is 1.93. The van der Waals surface area contributed by atoms with E-state index in [1.165, 1.54) is 18.2 Å². The second-order valence-corrected chi connectivity index (χ2v) is 12.6. The van der Waals surface area contributed by atoms with Gasteiger partial charge in [-0.05, 0) is 30.4 Å². The molecule has 0 heterocycles. The molecule has 0 atom stereocenters. The minimum absolute atomic E-state index is 0. The lowest BCUT2D eigenvalue weighted by Crippen LogP contribution is -3.00. The number of nitrogens with zero attached hydrogens (tertiary/aromatic N) is 3. The summed E-state index contributed by atoms with van der Waals surface area (Å²) < 4.78 is 2.80. The van der Waals surface area contributed by atoms with Gasteiger partial charge in [-0.1, -0.05) is 32.9 Å². The fourth-order valence-corrected chi connectivity index (χ4v) is 2.51. The molecule has 14 heteroatoms. The van der Waals surface area contributed by atoms with Gasteiger partial charge in [0.1, 0.15) is 0 Å². The molecule has 0 bridgehead atoms. The van der Waals surface area contributed by atoms with Gasteiger partial charge < -0.3 is 61.6 Å². The first-order chi connectivity index (χ1) is 20.9. The number of amides is 3. The third-order valence-electron chi connectivity index (χ3n) is 4.80. The van der Waals surface area contributed by atoms with Gasteiger partial charge in [-0.2, -0.15) is 0 Å². The highest BCUT2D eigenvalue weighted by atomic mass is 35.5. The van der Waals surface area contributed by atoms with Crippen molar-refractivity contribution in [3.8, 4) is 0 Å². The summed E-state index contributed by atoms with van der Waals surface area (Å²) in [6.45, 7) is 21.3. The standard InChI is InChI=1S/3C9H18N2O.2C3H4O2.ClH/c3*1-5-9(12)10-7-6-8-11(2,3)4;2*1-2-3(4)5;/h3*5H,1,6-8H2,2-4H3;2*2H,1H2,(H,4,5);1H. The van der Waals surface area contributed by atoms with Crippen LogP contribution in [-0.4, -0.2) is 146 Å². The van der Waals surface area contributed by atoms with Crippen LogP contribution in [0, 0.1) is 0 Å². The van der Waals surface area contributed by atoms with E-state index in [4.69, 9.17) is 19.8 Å². The third-order valence-corrected chi connectivity index (χ3v) is 4.80. The fraction of sp³-hybridized carbons (Fsp3) is 0.545. The zero-order chi connectivity index (χ0) is 37.4. The Kier molecular flexibility index (Phi) is 39.7. The molecule has 47 heavy (non-hydrogen) atoms. The number of carboxylic acids is 2. The van der Waals surface area contributed by atoms with Crippen molar-refractivity contribution >= 4 is 29.7 Å². The molecular formula is C33H63ClN6O7. The van der Waals surface area contributed by atoms with Crippen LogP contribution in [0.15, 0.2) is 63.3 Å². The van der Waals surface area contributed by atoms with Gasteiger partial charge in [0.2, 0.25) is 17.7 Å². The van der Waals surface area contributed by atoms with Crippen LogP contribution in [0.2, 0.25) is 0 Å². The number of hydrogen-bond donors (Lipinski definition) is 3. The highest BCUT2D eigenvalue weighted by molar-refractivity contribution is 5.87. The third kappa shape index (κ3) is 74.8. The summed E-state index contributed by atoms with van der Waals surface area (Å²) in [5, 5.41) is 26.5. The number of carboxylic acid groups (broad SMARTS) is 2. The first kappa shape index (κ1) is 55.6. The van der Waals surface area contributed by atoms with Crippen LogP contribution in [0.1, 0.15) is 19.3 Å². The van der Waals surface area contributed by atoms with Crippen molar-refractivity contribution in [2.75, 3.05) is 103 Å². The van der Waals surface area contributed by atoms with E-state index in [0.29, 0.717) is 0 Å². The van der Waals surface area contributed by atoms with Gasteiger partial charge in [-0.3, -0.25) is 14.4 Å². The Morgan fingerprint density at radius 3 is 0.745 bits per heavy atom. The number of rotatable bonds is 17. The molecule has 0 saturated carbocycles. The van der Waals surface area contributed by atoms with Crippen LogP contribution in [0.4, 0.5) is 0 Å². The maximum absolute atomic E-state index is 10.7. The van der Waals surface area contributed by atoms with E-state index in [-0.39, 0.29) is 30.1 Å². The Balaban J connectivity index is -0.000000116. The van der Waals surface area contributed by atoms with Crippen LogP contribution in [0.3, 0.4) is 0 Å². The van der Waals surface area contributed by atoms with Gasteiger partial charge in [-0.15, -0.1) is 0 Å². The van der Waals surface area contributed by atoms with E-state index in [2.05, 4.69) is 112 Å². The number of hydrogen-bond acceptors (Lipinski definition) is 7. The van der Waals surface area contributed by atoms with Gasteiger partial charge >= 0.3 is 0 Å². The summed E-state index contributed by atoms with van der Waals surface area (Å²) in [7, 11) is 19.2. The van der Waals surface area contributed by atoms with Gasteiger partial charge in [0, 0.05) is 38.9 Å². The van der Waals surface area contributed by atoms with E-state index < -0.39 is 11.9 Å². The van der Waals surface area contributed by atoms with E-state index in [1.807, 2.05) is 0 Å². The monoisotopic (exact) mass is 690 g/mol. The molecule has 274 valence electrons. The fourth-order valence-electron chi connectivity index (χ4n) is 2.51. The molecule has 13 nitrogen and oxygen atoms in total. The maximum atomic E-state index is 10.7. The summed E-state index contributed by atoms with van der Waals surface area (Å²) in [6, 6.07) is 0. The molecule has 0 radical (unpaired) electrons. The summed E-state index contributed by atoms with van der Waals surface area (Å²) >= 11 is 0. The smallest absolute Gasteiger partial charge is 0.243 e. The van der Waals surface area contributed by atoms with Crippen molar-refractivity contribution in [1.29, 1.82) is 0 Å². The van der Waals surface area contributed by atoms with Crippen molar-refractivity contribution in [2.45, 2.75) is 19.3 Å². The molecule has 0 rings (SSSR count). The molecule has 0 aliphatic rings. The van der Waals surface area contributed by atoms with E-state index >= 15 is 0 Å². The minimum atomic E-state index is -1.23. The van der Waals surface area contributed by atoms with Crippen molar-refractivity contribution in [2.24, 2.45) is 0 Å². The number of aliphatic carboxylic acids is 2.